The van der Waals surface area contributed by atoms with E-state index in [0.717, 1.165) is 40.3 Å². The number of anilines is 2. The van der Waals surface area contributed by atoms with E-state index >= 15 is 0 Å². The second kappa shape index (κ2) is 5.55. The van der Waals surface area contributed by atoms with Crippen molar-refractivity contribution in [2.75, 3.05) is 30.4 Å². The predicted octanol–water partition coefficient (Wildman–Crippen LogP) is 3.17. The molecule has 2 heterocycles. The summed E-state index contributed by atoms with van der Waals surface area (Å²) in [5.41, 5.74) is 3.80. The van der Waals surface area contributed by atoms with Crippen molar-refractivity contribution in [1.29, 1.82) is 0 Å². The maximum Gasteiger partial charge on any atom is 0.161 e. The van der Waals surface area contributed by atoms with Crippen LogP contribution in [0.3, 0.4) is 0 Å². The molecule has 3 rings (SSSR count). The molecule has 0 bridgehead atoms. The number of rotatable bonds is 3. The number of halogens is 1. The van der Waals surface area contributed by atoms with E-state index in [-0.39, 0.29) is 0 Å². The van der Waals surface area contributed by atoms with E-state index in [1.54, 1.807) is 0 Å². The highest BCUT2D eigenvalue weighted by Gasteiger charge is 2.17. The van der Waals surface area contributed by atoms with Gasteiger partial charge in [-0.15, -0.1) is 0 Å². The topological polar surface area (TPSA) is 41.1 Å². The molecule has 1 aromatic heterocycles. The molecule has 1 N–H and O–H groups in total. The lowest BCUT2D eigenvalue weighted by molar-refractivity contribution is 0.956. The van der Waals surface area contributed by atoms with Crippen LogP contribution in [0.1, 0.15) is 12.5 Å². The molecule has 104 valence electrons. The second-order valence-corrected chi connectivity index (χ2v) is 6.10. The summed E-state index contributed by atoms with van der Waals surface area (Å²) < 4.78 is 1.05. The Balaban J connectivity index is 1.99. The highest BCUT2D eigenvalue weighted by molar-refractivity contribution is 14.1. The summed E-state index contributed by atoms with van der Waals surface area (Å²) in [6.07, 6.45) is 2.98. The van der Waals surface area contributed by atoms with Gasteiger partial charge in [-0.3, -0.25) is 0 Å². The number of aromatic nitrogens is 2. The molecule has 1 aromatic carbocycles. The molecule has 0 fully saturated rings. The minimum absolute atomic E-state index is 0.790. The van der Waals surface area contributed by atoms with Crippen molar-refractivity contribution in [3.8, 4) is 11.4 Å². The van der Waals surface area contributed by atoms with E-state index in [9.17, 15) is 0 Å². The first-order chi connectivity index (χ1) is 9.69. The zero-order valence-corrected chi connectivity index (χ0v) is 13.8. The van der Waals surface area contributed by atoms with Gasteiger partial charge >= 0.3 is 0 Å². The number of nitrogens with one attached hydrogen (secondary N) is 1. The Morgan fingerprint density at radius 2 is 2.25 bits per heavy atom. The Morgan fingerprint density at radius 1 is 1.40 bits per heavy atom. The lowest BCUT2D eigenvalue weighted by Crippen LogP contribution is -2.12. The van der Waals surface area contributed by atoms with Crippen molar-refractivity contribution in [3.63, 3.8) is 0 Å². The van der Waals surface area contributed by atoms with Gasteiger partial charge in [0.15, 0.2) is 5.82 Å². The monoisotopic (exact) mass is 380 g/mol. The van der Waals surface area contributed by atoms with E-state index in [1.807, 2.05) is 6.20 Å². The summed E-state index contributed by atoms with van der Waals surface area (Å²) in [6, 6.07) is 6.50. The number of likely N-dealkylation sites (N-methyl/N-ethyl adjacent to an activating group) is 1. The van der Waals surface area contributed by atoms with Crippen LogP contribution in [0, 0.1) is 3.57 Å². The van der Waals surface area contributed by atoms with Crippen LogP contribution in [0.15, 0.2) is 24.4 Å². The molecule has 0 saturated carbocycles. The first-order valence-electron chi connectivity index (χ1n) is 6.80. The molecule has 0 atom stereocenters. The smallest absolute Gasteiger partial charge is 0.161 e. The van der Waals surface area contributed by atoms with Crippen LogP contribution in [-0.4, -0.2) is 30.1 Å². The summed E-state index contributed by atoms with van der Waals surface area (Å²) in [4.78, 5) is 11.4. The van der Waals surface area contributed by atoms with Crippen LogP contribution < -0.4 is 10.2 Å². The van der Waals surface area contributed by atoms with Crippen LogP contribution in [0.4, 0.5) is 11.5 Å². The van der Waals surface area contributed by atoms with Crippen molar-refractivity contribution in [3.05, 3.63) is 33.5 Å². The second-order valence-electron chi connectivity index (χ2n) is 4.94. The maximum atomic E-state index is 4.63. The van der Waals surface area contributed by atoms with Gasteiger partial charge in [0.05, 0.1) is 3.57 Å². The summed E-state index contributed by atoms with van der Waals surface area (Å²) in [7, 11) is 2.14. The lowest BCUT2D eigenvalue weighted by Gasteiger charge is -2.12. The quantitative estimate of drug-likeness (QED) is 0.831. The SMILES string of the molecule is CCNc1nc(-c2ccc3c(c2)CCN3C)ncc1I. The van der Waals surface area contributed by atoms with Gasteiger partial charge in [-0.2, -0.15) is 0 Å². The predicted molar refractivity (Wildman–Crippen MR) is 91.3 cm³/mol. The first kappa shape index (κ1) is 13.6. The Kier molecular flexibility index (Phi) is 3.78. The third-order valence-corrected chi connectivity index (χ3v) is 4.34. The molecule has 1 aliphatic rings. The van der Waals surface area contributed by atoms with Crippen LogP contribution in [0.5, 0.6) is 0 Å². The van der Waals surface area contributed by atoms with Gasteiger partial charge in [0.25, 0.3) is 0 Å². The molecular formula is C15H17IN4. The number of hydrogen-bond donors (Lipinski definition) is 1. The van der Waals surface area contributed by atoms with Crippen molar-refractivity contribution < 1.29 is 0 Å². The number of fused-ring (bicyclic) bond motifs is 1. The molecule has 0 aliphatic carbocycles. The minimum atomic E-state index is 0.790. The molecule has 2 aromatic rings. The Bertz CT molecular complexity index is 642. The molecule has 20 heavy (non-hydrogen) atoms. The highest BCUT2D eigenvalue weighted by atomic mass is 127. The summed E-state index contributed by atoms with van der Waals surface area (Å²) in [6.45, 7) is 4.03. The molecule has 0 spiro atoms. The number of hydrogen-bond acceptors (Lipinski definition) is 4. The molecular weight excluding hydrogens is 363 g/mol. The number of nitrogens with zero attached hydrogens (tertiary/aromatic N) is 3. The van der Waals surface area contributed by atoms with Crippen molar-refractivity contribution >= 4 is 34.1 Å². The molecule has 0 saturated heterocycles. The molecule has 0 amide bonds. The average Bonchev–Trinajstić information content (AvgIpc) is 2.83. The largest absolute Gasteiger partial charge is 0.374 e. The normalized spacial score (nSPS) is 13.4. The van der Waals surface area contributed by atoms with Crippen LogP contribution in [0.2, 0.25) is 0 Å². The highest BCUT2D eigenvalue weighted by Crippen LogP contribution is 2.30. The van der Waals surface area contributed by atoms with E-state index < -0.39 is 0 Å². The number of benzene rings is 1. The summed E-state index contributed by atoms with van der Waals surface area (Å²) >= 11 is 2.26. The zero-order valence-electron chi connectivity index (χ0n) is 11.7. The first-order valence-corrected chi connectivity index (χ1v) is 7.87. The Labute approximate surface area is 132 Å². The molecule has 4 nitrogen and oxygen atoms in total. The molecule has 0 unspecified atom stereocenters. The molecule has 1 aliphatic heterocycles. The van der Waals surface area contributed by atoms with Gasteiger partial charge in [0.1, 0.15) is 5.82 Å². The standard InChI is InChI=1S/C15H17IN4/c1-3-17-15-12(16)9-18-14(19-15)11-4-5-13-10(8-11)6-7-20(13)2/h4-5,8-9H,3,6-7H2,1-2H3,(H,17,18,19). The van der Waals surface area contributed by atoms with Gasteiger partial charge in [-0.25, -0.2) is 9.97 Å². The van der Waals surface area contributed by atoms with Gasteiger partial charge in [0.2, 0.25) is 0 Å². The third kappa shape index (κ3) is 2.46. The van der Waals surface area contributed by atoms with E-state index in [0.29, 0.717) is 0 Å². The molecule has 5 heteroatoms. The molecule has 0 radical (unpaired) electrons. The fourth-order valence-corrected chi connectivity index (χ4v) is 2.95. The van der Waals surface area contributed by atoms with Gasteiger partial charge in [-0.1, -0.05) is 0 Å². The van der Waals surface area contributed by atoms with E-state index in [4.69, 9.17) is 0 Å². The van der Waals surface area contributed by atoms with Gasteiger partial charge in [-0.05, 0) is 59.7 Å². The minimum Gasteiger partial charge on any atom is -0.374 e. The van der Waals surface area contributed by atoms with Crippen molar-refractivity contribution in [1.82, 2.24) is 9.97 Å². The fourth-order valence-electron chi connectivity index (χ4n) is 2.50. The van der Waals surface area contributed by atoms with Crippen molar-refractivity contribution in [2.45, 2.75) is 13.3 Å². The zero-order chi connectivity index (χ0) is 14.1. The third-order valence-electron chi connectivity index (χ3n) is 3.55. The van der Waals surface area contributed by atoms with Crippen LogP contribution in [0.25, 0.3) is 11.4 Å². The van der Waals surface area contributed by atoms with E-state index in [1.165, 1.54) is 11.3 Å². The average molecular weight is 380 g/mol. The summed E-state index contributed by atoms with van der Waals surface area (Å²) in [5, 5.41) is 3.28. The Morgan fingerprint density at radius 3 is 3.05 bits per heavy atom. The lowest BCUT2D eigenvalue weighted by atomic mass is 10.1. The summed E-state index contributed by atoms with van der Waals surface area (Å²) in [5.74, 6) is 1.70. The fraction of sp³-hybridized carbons (Fsp3) is 0.333. The Hall–Kier alpha value is -1.37. The maximum absolute atomic E-state index is 4.63. The van der Waals surface area contributed by atoms with Gasteiger partial charge in [0, 0.05) is 37.6 Å². The van der Waals surface area contributed by atoms with E-state index in [2.05, 4.69) is 74.9 Å². The van der Waals surface area contributed by atoms with Crippen LogP contribution >= 0.6 is 22.6 Å². The van der Waals surface area contributed by atoms with Gasteiger partial charge < -0.3 is 10.2 Å². The van der Waals surface area contributed by atoms with Crippen molar-refractivity contribution in [2.24, 2.45) is 0 Å². The van der Waals surface area contributed by atoms with Crippen LogP contribution in [-0.2, 0) is 6.42 Å².